The average molecular weight is 348 g/mol. The van der Waals surface area contributed by atoms with Gasteiger partial charge in [0.15, 0.2) is 0 Å². The molecular formula is C18H36O6. The van der Waals surface area contributed by atoms with Gasteiger partial charge in [0.25, 0.3) is 0 Å². The molecule has 1 aliphatic rings. The molecule has 0 aliphatic heterocycles. The molecule has 0 aromatic carbocycles. The van der Waals surface area contributed by atoms with E-state index >= 15 is 0 Å². The fourth-order valence-electron chi connectivity index (χ4n) is 5.07. The monoisotopic (exact) mass is 348 g/mol. The Bertz CT molecular complexity index is 340. The molecule has 0 bridgehead atoms. The van der Waals surface area contributed by atoms with E-state index in [1.54, 1.807) is 42.7 Å². The molecule has 0 aromatic heterocycles. The highest BCUT2D eigenvalue weighted by atomic mass is 16.6. The van der Waals surface area contributed by atoms with E-state index in [1.807, 2.05) is 41.5 Å². The zero-order chi connectivity index (χ0) is 19.2. The molecule has 0 aromatic rings. The van der Waals surface area contributed by atoms with Gasteiger partial charge in [0.1, 0.15) is 33.6 Å². The van der Waals surface area contributed by atoms with Crippen LogP contribution >= 0.6 is 0 Å². The molecule has 0 radical (unpaired) electrons. The Labute approximate surface area is 147 Å². The normalized spacial score (nSPS) is 52.5. The van der Waals surface area contributed by atoms with Gasteiger partial charge in [-0.2, -0.15) is 0 Å². The summed E-state index contributed by atoms with van der Waals surface area (Å²) in [6.45, 7) is 11.8. The molecule has 0 heterocycles. The molecule has 0 unspecified atom stereocenters. The molecule has 6 heteroatoms. The maximum absolute atomic E-state index is 6.06. The number of ether oxygens (including phenoxy) is 6. The van der Waals surface area contributed by atoms with E-state index in [1.165, 1.54) is 0 Å². The Hall–Kier alpha value is -0.240. The van der Waals surface area contributed by atoms with Crippen molar-refractivity contribution in [1.29, 1.82) is 0 Å². The van der Waals surface area contributed by atoms with Crippen LogP contribution in [0, 0.1) is 0 Å². The van der Waals surface area contributed by atoms with Crippen LogP contribution in [0.3, 0.4) is 0 Å². The van der Waals surface area contributed by atoms with Gasteiger partial charge < -0.3 is 28.4 Å². The first-order chi connectivity index (χ1) is 10.9. The first kappa shape index (κ1) is 21.8. The maximum Gasteiger partial charge on any atom is 0.128 e. The first-order valence-electron chi connectivity index (χ1n) is 8.17. The van der Waals surface area contributed by atoms with Gasteiger partial charge in [-0.05, 0) is 41.5 Å². The van der Waals surface area contributed by atoms with Crippen molar-refractivity contribution in [3.05, 3.63) is 0 Å². The van der Waals surface area contributed by atoms with Crippen LogP contribution in [-0.2, 0) is 28.4 Å². The van der Waals surface area contributed by atoms with Crippen LogP contribution in [0.5, 0.6) is 0 Å². The lowest BCUT2D eigenvalue weighted by molar-refractivity contribution is -0.435. The van der Waals surface area contributed by atoms with E-state index in [0.29, 0.717) is 0 Å². The fraction of sp³-hybridized carbons (Fsp3) is 1.00. The van der Waals surface area contributed by atoms with Crippen LogP contribution in [0.1, 0.15) is 41.5 Å². The number of hydrogen-bond donors (Lipinski definition) is 0. The highest BCUT2D eigenvalue weighted by Crippen LogP contribution is 2.64. The highest BCUT2D eigenvalue weighted by Gasteiger charge is 2.84. The summed E-state index contributed by atoms with van der Waals surface area (Å²) >= 11 is 0. The van der Waals surface area contributed by atoms with Crippen molar-refractivity contribution in [1.82, 2.24) is 0 Å². The first-order valence-corrected chi connectivity index (χ1v) is 8.17. The van der Waals surface area contributed by atoms with Crippen LogP contribution in [0.4, 0.5) is 0 Å². The van der Waals surface area contributed by atoms with Gasteiger partial charge in [-0.25, -0.2) is 0 Å². The van der Waals surface area contributed by atoms with E-state index in [0.717, 1.165) is 0 Å². The quantitative estimate of drug-likeness (QED) is 0.735. The second-order valence-corrected chi connectivity index (χ2v) is 7.42. The summed E-state index contributed by atoms with van der Waals surface area (Å²) in [5, 5.41) is 0. The predicted molar refractivity (Wildman–Crippen MR) is 92.5 cm³/mol. The molecule has 144 valence electrons. The number of hydrogen-bond acceptors (Lipinski definition) is 6. The van der Waals surface area contributed by atoms with E-state index in [-0.39, 0.29) is 0 Å². The minimum absolute atomic E-state index is 0.920. The van der Waals surface area contributed by atoms with Crippen molar-refractivity contribution in [3.8, 4) is 0 Å². The van der Waals surface area contributed by atoms with Crippen molar-refractivity contribution in [2.24, 2.45) is 0 Å². The molecule has 0 saturated heterocycles. The van der Waals surface area contributed by atoms with Crippen molar-refractivity contribution in [2.45, 2.75) is 75.1 Å². The Balaban J connectivity index is 4.06. The van der Waals surface area contributed by atoms with Crippen molar-refractivity contribution < 1.29 is 28.4 Å². The van der Waals surface area contributed by atoms with Crippen LogP contribution in [0.25, 0.3) is 0 Å². The van der Waals surface area contributed by atoms with Crippen LogP contribution in [-0.4, -0.2) is 76.3 Å². The summed E-state index contributed by atoms with van der Waals surface area (Å²) in [5.41, 5.74) is -5.52. The van der Waals surface area contributed by atoms with Gasteiger partial charge in [-0.3, -0.25) is 0 Å². The van der Waals surface area contributed by atoms with E-state index < -0.39 is 33.6 Å². The third-order valence-electron chi connectivity index (χ3n) is 7.91. The molecule has 1 saturated carbocycles. The molecule has 1 aliphatic carbocycles. The summed E-state index contributed by atoms with van der Waals surface area (Å²) in [6.07, 6.45) is 0. The van der Waals surface area contributed by atoms with E-state index in [4.69, 9.17) is 28.4 Å². The summed E-state index contributed by atoms with van der Waals surface area (Å²) < 4.78 is 36.4. The topological polar surface area (TPSA) is 55.4 Å². The predicted octanol–water partition coefficient (Wildman–Crippen LogP) is 2.43. The van der Waals surface area contributed by atoms with Gasteiger partial charge in [-0.1, -0.05) is 0 Å². The van der Waals surface area contributed by atoms with Gasteiger partial charge in [0, 0.05) is 42.7 Å². The molecule has 1 rings (SSSR count). The Morgan fingerprint density at radius 1 is 0.292 bits per heavy atom. The lowest BCUT2D eigenvalue weighted by Gasteiger charge is -2.74. The van der Waals surface area contributed by atoms with Crippen molar-refractivity contribution in [2.75, 3.05) is 42.7 Å². The SMILES string of the molecule is COC1(C)C(C)(OC)C(C)(OC)C(C)(OC)C(C)(OC)C1(C)OC. The number of methoxy groups -OCH3 is 6. The zero-order valence-corrected chi connectivity index (χ0v) is 17.4. The molecule has 0 spiro atoms. The third-order valence-corrected chi connectivity index (χ3v) is 7.91. The second kappa shape index (κ2) is 6.18. The lowest BCUT2D eigenvalue weighted by Crippen LogP contribution is -2.93. The molecule has 1 fully saturated rings. The Kier molecular flexibility index (Phi) is 5.61. The van der Waals surface area contributed by atoms with Gasteiger partial charge >= 0.3 is 0 Å². The molecule has 0 amide bonds. The summed E-state index contributed by atoms with van der Waals surface area (Å²) in [7, 11) is 9.89. The Morgan fingerprint density at radius 3 is 0.417 bits per heavy atom. The van der Waals surface area contributed by atoms with E-state index in [2.05, 4.69) is 0 Å². The standard InChI is InChI=1S/C18H36O6/c1-13(19-7)14(2,20-8)16(4,22-10)18(6,24-12)17(5,23-11)15(13,3)21-9/h1-12H3. The van der Waals surface area contributed by atoms with Crippen LogP contribution in [0.2, 0.25) is 0 Å². The summed E-state index contributed by atoms with van der Waals surface area (Å²) in [4.78, 5) is 0. The molecular weight excluding hydrogens is 312 g/mol. The van der Waals surface area contributed by atoms with Gasteiger partial charge in [0.05, 0.1) is 0 Å². The van der Waals surface area contributed by atoms with Gasteiger partial charge in [0.2, 0.25) is 0 Å². The average Bonchev–Trinajstić information content (AvgIpc) is 2.62. The molecule has 0 N–H and O–H groups in total. The summed E-state index contributed by atoms with van der Waals surface area (Å²) in [6, 6.07) is 0. The second-order valence-electron chi connectivity index (χ2n) is 7.42. The van der Waals surface area contributed by atoms with Crippen molar-refractivity contribution in [3.63, 3.8) is 0 Å². The maximum atomic E-state index is 6.06. The lowest BCUT2D eigenvalue weighted by atomic mass is 9.46. The minimum Gasteiger partial charge on any atom is -0.372 e. The summed E-state index contributed by atoms with van der Waals surface area (Å²) in [5.74, 6) is 0. The third kappa shape index (κ3) is 1.82. The van der Waals surface area contributed by atoms with Crippen LogP contribution < -0.4 is 0 Å². The largest absolute Gasteiger partial charge is 0.372 e. The smallest absolute Gasteiger partial charge is 0.128 e. The fourth-order valence-corrected chi connectivity index (χ4v) is 5.07. The van der Waals surface area contributed by atoms with Crippen LogP contribution in [0.15, 0.2) is 0 Å². The molecule has 0 atom stereocenters. The Morgan fingerprint density at radius 2 is 0.375 bits per heavy atom. The number of rotatable bonds is 6. The van der Waals surface area contributed by atoms with E-state index in [9.17, 15) is 0 Å². The zero-order valence-electron chi connectivity index (χ0n) is 17.4. The highest BCUT2D eigenvalue weighted by molar-refractivity contribution is 5.35. The minimum atomic E-state index is -0.920. The van der Waals surface area contributed by atoms with Crippen molar-refractivity contribution >= 4 is 0 Å². The molecule has 24 heavy (non-hydrogen) atoms. The molecule has 6 nitrogen and oxygen atoms in total. The van der Waals surface area contributed by atoms with Gasteiger partial charge in [-0.15, -0.1) is 0 Å².